The third-order valence-electron chi connectivity index (χ3n) is 2.78. The number of thiophene rings is 1. The third kappa shape index (κ3) is 4.35. The Balaban J connectivity index is 2.71. The Morgan fingerprint density at radius 2 is 2.06 bits per heavy atom. The van der Waals surface area contributed by atoms with Gasteiger partial charge >= 0.3 is 0 Å². The zero-order chi connectivity index (χ0) is 13.8. The minimum Gasteiger partial charge on any atom is -0.396 e. The molecule has 1 aromatic rings. The van der Waals surface area contributed by atoms with E-state index in [2.05, 4.69) is 4.72 Å². The molecule has 18 heavy (non-hydrogen) atoms. The van der Waals surface area contributed by atoms with E-state index in [0.717, 1.165) is 11.3 Å². The monoisotopic (exact) mass is 291 g/mol. The summed E-state index contributed by atoms with van der Waals surface area (Å²) in [6.45, 7) is 6.25. The maximum Gasteiger partial charge on any atom is 0.250 e. The van der Waals surface area contributed by atoms with E-state index < -0.39 is 10.0 Å². The zero-order valence-corrected chi connectivity index (χ0v) is 12.7. The van der Waals surface area contributed by atoms with Crippen molar-refractivity contribution in [1.29, 1.82) is 0 Å². The van der Waals surface area contributed by atoms with E-state index >= 15 is 0 Å². The molecule has 0 bridgehead atoms. The van der Waals surface area contributed by atoms with E-state index in [1.807, 2.05) is 26.8 Å². The van der Waals surface area contributed by atoms with Crippen LogP contribution in [0.2, 0.25) is 0 Å². The van der Waals surface area contributed by atoms with Crippen molar-refractivity contribution in [3.05, 3.63) is 17.0 Å². The van der Waals surface area contributed by atoms with Gasteiger partial charge in [0.15, 0.2) is 0 Å². The van der Waals surface area contributed by atoms with Gasteiger partial charge in [0.2, 0.25) is 10.0 Å². The van der Waals surface area contributed by atoms with Crippen molar-refractivity contribution >= 4 is 21.4 Å². The molecule has 0 aromatic carbocycles. The number of aliphatic hydroxyl groups excluding tert-OH is 1. The molecule has 0 amide bonds. The molecule has 0 aliphatic heterocycles. The topological polar surface area (TPSA) is 66.4 Å². The largest absolute Gasteiger partial charge is 0.396 e. The number of nitrogens with one attached hydrogen (secondary N) is 1. The van der Waals surface area contributed by atoms with Crippen LogP contribution in [0.3, 0.4) is 0 Å². The van der Waals surface area contributed by atoms with Gasteiger partial charge in [0.25, 0.3) is 0 Å². The lowest BCUT2D eigenvalue weighted by atomic mass is 9.90. The van der Waals surface area contributed by atoms with E-state index in [1.165, 1.54) is 11.3 Å². The highest BCUT2D eigenvalue weighted by Gasteiger charge is 2.22. The summed E-state index contributed by atoms with van der Waals surface area (Å²) < 4.78 is 27.1. The number of aryl methyl sites for hydroxylation is 1. The highest BCUT2D eigenvalue weighted by molar-refractivity contribution is 7.91. The van der Waals surface area contributed by atoms with Crippen LogP contribution in [-0.2, 0) is 16.4 Å². The van der Waals surface area contributed by atoms with Crippen LogP contribution in [0.4, 0.5) is 0 Å². The predicted octanol–water partition coefficient (Wildman–Crippen LogP) is 2.00. The molecule has 4 nitrogen and oxygen atoms in total. The average Bonchev–Trinajstić information content (AvgIpc) is 2.76. The number of sulfonamides is 1. The molecule has 0 saturated heterocycles. The molecule has 0 unspecified atom stereocenters. The summed E-state index contributed by atoms with van der Waals surface area (Å²) in [5, 5.41) is 8.91. The molecule has 1 rings (SSSR count). The molecule has 0 fully saturated rings. The molecule has 1 heterocycles. The molecule has 0 saturated carbocycles. The first-order valence-electron chi connectivity index (χ1n) is 6.00. The lowest BCUT2D eigenvalue weighted by molar-refractivity contribution is 0.213. The number of hydrogen-bond acceptors (Lipinski definition) is 4. The number of aliphatic hydroxyl groups is 1. The number of rotatable bonds is 7. The fraction of sp³-hybridized carbons (Fsp3) is 0.667. The average molecular weight is 291 g/mol. The minimum absolute atomic E-state index is 0.0632. The van der Waals surface area contributed by atoms with Crippen LogP contribution in [0.5, 0.6) is 0 Å². The van der Waals surface area contributed by atoms with Gasteiger partial charge in [0.1, 0.15) is 4.21 Å². The van der Waals surface area contributed by atoms with Crippen molar-refractivity contribution in [3.8, 4) is 0 Å². The van der Waals surface area contributed by atoms with Crippen molar-refractivity contribution < 1.29 is 13.5 Å². The summed E-state index contributed by atoms with van der Waals surface area (Å²) in [6, 6.07) is 3.49. The van der Waals surface area contributed by atoms with E-state index in [-0.39, 0.29) is 12.0 Å². The second kappa shape index (κ2) is 6.14. The Kier molecular flexibility index (Phi) is 5.33. The molecular formula is C12H21NO3S2. The standard InChI is InChI=1S/C12H21NO3S2/c1-4-10-5-6-11(17-10)18(15,16)13-9-12(2,3)7-8-14/h5-6,13-14H,4,7-9H2,1-3H3. The van der Waals surface area contributed by atoms with Crippen LogP contribution >= 0.6 is 11.3 Å². The van der Waals surface area contributed by atoms with E-state index in [4.69, 9.17) is 5.11 Å². The smallest absolute Gasteiger partial charge is 0.250 e. The Hall–Kier alpha value is -0.430. The van der Waals surface area contributed by atoms with Gasteiger partial charge < -0.3 is 5.11 Å². The molecule has 0 radical (unpaired) electrons. The molecular weight excluding hydrogens is 270 g/mol. The summed E-state index contributed by atoms with van der Waals surface area (Å²) >= 11 is 1.30. The SMILES string of the molecule is CCc1ccc(S(=O)(=O)NCC(C)(C)CCO)s1. The fourth-order valence-corrected chi connectivity index (χ4v) is 4.03. The Bertz CT molecular complexity index is 477. The van der Waals surface area contributed by atoms with Crippen LogP contribution < -0.4 is 4.72 Å². The van der Waals surface area contributed by atoms with Crippen LogP contribution in [0.25, 0.3) is 0 Å². The predicted molar refractivity (Wildman–Crippen MR) is 74.4 cm³/mol. The van der Waals surface area contributed by atoms with Gasteiger partial charge in [-0.25, -0.2) is 13.1 Å². The summed E-state index contributed by atoms with van der Waals surface area (Å²) in [5.74, 6) is 0. The summed E-state index contributed by atoms with van der Waals surface area (Å²) in [4.78, 5) is 1.06. The van der Waals surface area contributed by atoms with E-state index in [0.29, 0.717) is 17.2 Å². The van der Waals surface area contributed by atoms with Crippen LogP contribution in [-0.4, -0.2) is 26.7 Å². The van der Waals surface area contributed by atoms with E-state index in [1.54, 1.807) is 6.07 Å². The van der Waals surface area contributed by atoms with Crippen molar-refractivity contribution in [2.45, 2.75) is 37.8 Å². The lowest BCUT2D eigenvalue weighted by Gasteiger charge is -2.23. The maximum atomic E-state index is 12.0. The fourth-order valence-electron chi connectivity index (χ4n) is 1.45. The van der Waals surface area contributed by atoms with Crippen molar-refractivity contribution in [3.63, 3.8) is 0 Å². The first-order valence-corrected chi connectivity index (χ1v) is 8.30. The molecule has 104 valence electrons. The second-order valence-electron chi connectivity index (χ2n) is 5.04. The van der Waals surface area contributed by atoms with Crippen LogP contribution in [0, 0.1) is 5.41 Å². The third-order valence-corrected chi connectivity index (χ3v) is 5.90. The second-order valence-corrected chi connectivity index (χ2v) is 8.20. The number of hydrogen-bond donors (Lipinski definition) is 2. The van der Waals surface area contributed by atoms with Gasteiger partial charge in [-0.1, -0.05) is 20.8 Å². The van der Waals surface area contributed by atoms with Gasteiger partial charge in [0.05, 0.1) is 0 Å². The molecule has 2 N–H and O–H groups in total. The quantitative estimate of drug-likeness (QED) is 0.807. The van der Waals surface area contributed by atoms with Gasteiger partial charge in [-0.2, -0.15) is 0 Å². The van der Waals surface area contributed by atoms with Gasteiger partial charge in [-0.3, -0.25) is 0 Å². The van der Waals surface area contributed by atoms with Crippen LogP contribution in [0.1, 0.15) is 32.1 Å². The molecule has 0 aliphatic carbocycles. The molecule has 0 spiro atoms. The molecule has 0 aliphatic rings. The summed E-state index contributed by atoms with van der Waals surface area (Å²) in [7, 11) is -3.41. The Morgan fingerprint density at radius 3 is 2.56 bits per heavy atom. The van der Waals surface area contributed by atoms with E-state index in [9.17, 15) is 8.42 Å². The summed E-state index contributed by atoms with van der Waals surface area (Å²) in [5.41, 5.74) is -0.243. The maximum absolute atomic E-state index is 12.0. The van der Waals surface area contributed by atoms with Crippen molar-refractivity contribution in [1.82, 2.24) is 4.72 Å². The minimum atomic E-state index is -3.41. The van der Waals surface area contributed by atoms with Crippen LogP contribution in [0.15, 0.2) is 16.3 Å². The Morgan fingerprint density at radius 1 is 1.39 bits per heavy atom. The van der Waals surface area contributed by atoms with Gasteiger partial charge in [0, 0.05) is 18.0 Å². The molecule has 1 aromatic heterocycles. The highest BCUT2D eigenvalue weighted by atomic mass is 32.2. The first kappa shape index (κ1) is 15.6. The highest BCUT2D eigenvalue weighted by Crippen LogP contribution is 2.23. The Labute approximate surface area is 113 Å². The first-order chi connectivity index (χ1) is 8.30. The molecule has 0 atom stereocenters. The van der Waals surface area contributed by atoms with Crippen molar-refractivity contribution in [2.24, 2.45) is 5.41 Å². The molecule has 6 heteroatoms. The zero-order valence-electron chi connectivity index (χ0n) is 11.1. The normalized spacial score (nSPS) is 12.9. The van der Waals surface area contributed by atoms with Gasteiger partial charge in [-0.15, -0.1) is 11.3 Å². The lowest BCUT2D eigenvalue weighted by Crippen LogP contribution is -2.34. The van der Waals surface area contributed by atoms with Gasteiger partial charge in [-0.05, 0) is 30.4 Å². The van der Waals surface area contributed by atoms with Crippen molar-refractivity contribution in [2.75, 3.05) is 13.2 Å². The summed E-state index contributed by atoms with van der Waals surface area (Å²) in [6.07, 6.45) is 1.41.